The van der Waals surface area contributed by atoms with E-state index in [1.807, 2.05) is 36.4 Å². The van der Waals surface area contributed by atoms with E-state index in [1.54, 1.807) is 13.2 Å². The zero-order valence-electron chi connectivity index (χ0n) is 12.2. The molecule has 0 aliphatic heterocycles. The molecule has 1 heterocycles. The Hall–Kier alpha value is -2.49. The Labute approximate surface area is 123 Å². The van der Waals surface area contributed by atoms with E-state index in [4.69, 9.17) is 9.72 Å². The number of fused-ring (bicyclic) bond motifs is 1. The van der Waals surface area contributed by atoms with Crippen LogP contribution < -0.4 is 4.74 Å². The zero-order chi connectivity index (χ0) is 14.8. The van der Waals surface area contributed by atoms with Crippen molar-refractivity contribution >= 4 is 11.0 Å². The van der Waals surface area contributed by atoms with E-state index in [0.29, 0.717) is 0 Å². The van der Waals surface area contributed by atoms with Gasteiger partial charge in [-0.15, -0.1) is 0 Å². The average molecular weight is 282 g/mol. The molecule has 1 N–H and O–H groups in total. The molecule has 0 saturated heterocycles. The second-order valence-corrected chi connectivity index (χ2v) is 4.96. The number of phenolic OH excluding ortho intramolecular Hbond substituents is 1. The van der Waals surface area contributed by atoms with Gasteiger partial charge in [-0.2, -0.15) is 0 Å². The summed E-state index contributed by atoms with van der Waals surface area (Å²) in [6, 6.07) is 13.2. The van der Waals surface area contributed by atoms with E-state index in [2.05, 4.69) is 11.5 Å². The van der Waals surface area contributed by atoms with Crippen LogP contribution in [-0.4, -0.2) is 21.8 Å². The maximum absolute atomic E-state index is 10.1. The van der Waals surface area contributed by atoms with Crippen LogP contribution in [0.2, 0.25) is 0 Å². The highest BCUT2D eigenvalue weighted by Gasteiger charge is 2.15. The molecule has 4 heteroatoms. The lowest BCUT2D eigenvalue weighted by atomic mass is 10.2. The highest BCUT2D eigenvalue weighted by molar-refractivity contribution is 5.83. The molecular formula is C17H18N2O2. The Balaban J connectivity index is 2.26. The molecule has 1 aromatic heterocycles. The third kappa shape index (κ3) is 2.33. The molecule has 0 unspecified atom stereocenters. The van der Waals surface area contributed by atoms with Gasteiger partial charge < -0.3 is 14.4 Å². The Morgan fingerprint density at radius 2 is 2.00 bits per heavy atom. The van der Waals surface area contributed by atoms with Crippen molar-refractivity contribution in [2.45, 2.75) is 19.9 Å². The lowest BCUT2D eigenvalue weighted by molar-refractivity contribution is 0.415. The van der Waals surface area contributed by atoms with Crippen molar-refractivity contribution in [3.05, 3.63) is 42.5 Å². The van der Waals surface area contributed by atoms with Gasteiger partial charge in [0.25, 0.3) is 0 Å². The quantitative estimate of drug-likeness (QED) is 0.791. The minimum absolute atomic E-state index is 0.247. The summed E-state index contributed by atoms with van der Waals surface area (Å²) in [6.07, 6.45) is 0.998. The number of methoxy groups -OCH3 is 1. The van der Waals surface area contributed by atoms with Gasteiger partial charge in [0.15, 0.2) is 0 Å². The monoisotopic (exact) mass is 282 g/mol. The molecule has 0 amide bonds. The maximum Gasteiger partial charge on any atom is 0.144 e. The van der Waals surface area contributed by atoms with Crippen molar-refractivity contribution in [2.24, 2.45) is 0 Å². The van der Waals surface area contributed by atoms with Crippen LogP contribution in [0.25, 0.3) is 22.4 Å². The predicted octanol–water partition coefficient (Wildman–Crippen LogP) is 3.83. The van der Waals surface area contributed by atoms with Gasteiger partial charge in [-0.3, -0.25) is 0 Å². The summed E-state index contributed by atoms with van der Waals surface area (Å²) < 4.78 is 7.40. The van der Waals surface area contributed by atoms with Crippen LogP contribution in [0, 0.1) is 0 Å². The second kappa shape index (κ2) is 5.48. The number of imidazole rings is 1. The van der Waals surface area contributed by atoms with Crippen LogP contribution in [0.1, 0.15) is 13.3 Å². The fourth-order valence-electron chi connectivity index (χ4n) is 2.55. The first-order valence-corrected chi connectivity index (χ1v) is 7.07. The Bertz CT molecular complexity index is 778. The highest BCUT2D eigenvalue weighted by atomic mass is 16.5. The largest absolute Gasteiger partial charge is 0.507 e. The lowest BCUT2D eigenvalue weighted by Crippen LogP contribution is -1.99. The molecule has 108 valence electrons. The van der Waals surface area contributed by atoms with Crippen LogP contribution in [0.15, 0.2) is 42.5 Å². The molecule has 0 aliphatic rings. The molecule has 0 radical (unpaired) electrons. The molecule has 0 atom stereocenters. The maximum atomic E-state index is 10.1. The standard InChI is InChI=1S/C17H18N2O2/c1-3-10-19-15-9-8-12(21-2)11-14(15)18-17(19)13-6-4-5-7-16(13)20/h4-9,11,20H,3,10H2,1-2H3. The van der Waals surface area contributed by atoms with E-state index in [9.17, 15) is 5.11 Å². The van der Waals surface area contributed by atoms with Crippen molar-refractivity contribution < 1.29 is 9.84 Å². The number of benzene rings is 2. The Morgan fingerprint density at radius 1 is 1.19 bits per heavy atom. The SMILES string of the molecule is CCCn1c(-c2ccccc2O)nc2cc(OC)ccc21. The van der Waals surface area contributed by atoms with Gasteiger partial charge in [0.2, 0.25) is 0 Å². The van der Waals surface area contributed by atoms with Crippen molar-refractivity contribution in [3.8, 4) is 22.9 Å². The van der Waals surface area contributed by atoms with Crippen LogP contribution in [0.5, 0.6) is 11.5 Å². The number of aryl methyl sites for hydroxylation is 1. The van der Waals surface area contributed by atoms with Gasteiger partial charge in [0.1, 0.15) is 17.3 Å². The molecule has 0 aliphatic carbocycles. The lowest BCUT2D eigenvalue weighted by Gasteiger charge is -2.09. The number of nitrogens with zero attached hydrogens (tertiary/aromatic N) is 2. The summed E-state index contributed by atoms with van der Waals surface area (Å²) in [5.41, 5.74) is 2.68. The first-order valence-electron chi connectivity index (χ1n) is 7.07. The third-order valence-electron chi connectivity index (χ3n) is 3.55. The number of hydrogen-bond donors (Lipinski definition) is 1. The number of aromatic hydroxyl groups is 1. The summed E-state index contributed by atoms with van der Waals surface area (Å²) in [6.45, 7) is 2.98. The Morgan fingerprint density at radius 3 is 2.71 bits per heavy atom. The van der Waals surface area contributed by atoms with Gasteiger partial charge in [0, 0.05) is 12.6 Å². The van der Waals surface area contributed by atoms with Crippen molar-refractivity contribution in [1.82, 2.24) is 9.55 Å². The number of hydrogen-bond acceptors (Lipinski definition) is 3. The molecule has 0 spiro atoms. The first kappa shape index (κ1) is 13.5. The summed E-state index contributed by atoms with van der Waals surface area (Å²) in [5, 5.41) is 10.1. The summed E-state index contributed by atoms with van der Waals surface area (Å²) in [4.78, 5) is 4.69. The van der Waals surface area contributed by atoms with Crippen LogP contribution in [-0.2, 0) is 6.54 Å². The van der Waals surface area contributed by atoms with Crippen molar-refractivity contribution in [2.75, 3.05) is 7.11 Å². The van der Waals surface area contributed by atoms with Crippen LogP contribution in [0.3, 0.4) is 0 Å². The molecule has 0 saturated carbocycles. The highest BCUT2D eigenvalue weighted by Crippen LogP contribution is 2.32. The minimum atomic E-state index is 0.247. The van der Waals surface area contributed by atoms with Crippen LogP contribution >= 0.6 is 0 Å². The number of phenols is 1. The summed E-state index contributed by atoms with van der Waals surface area (Å²) in [7, 11) is 1.65. The molecule has 3 aromatic rings. The summed E-state index contributed by atoms with van der Waals surface area (Å²) >= 11 is 0. The minimum Gasteiger partial charge on any atom is -0.507 e. The molecule has 4 nitrogen and oxygen atoms in total. The second-order valence-electron chi connectivity index (χ2n) is 4.96. The molecule has 2 aromatic carbocycles. The van der Waals surface area contributed by atoms with E-state index in [0.717, 1.165) is 41.1 Å². The van der Waals surface area contributed by atoms with Gasteiger partial charge in [-0.05, 0) is 30.7 Å². The molecule has 0 bridgehead atoms. The topological polar surface area (TPSA) is 47.3 Å². The zero-order valence-corrected chi connectivity index (χ0v) is 12.2. The van der Waals surface area contributed by atoms with E-state index < -0.39 is 0 Å². The molecular weight excluding hydrogens is 264 g/mol. The fraction of sp³-hybridized carbons (Fsp3) is 0.235. The smallest absolute Gasteiger partial charge is 0.144 e. The van der Waals surface area contributed by atoms with Gasteiger partial charge in [-0.1, -0.05) is 19.1 Å². The van der Waals surface area contributed by atoms with E-state index >= 15 is 0 Å². The van der Waals surface area contributed by atoms with Gasteiger partial charge in [0.05, 0.1) is 23.7 Å². The summed E-state index contributed by atoms with van der Waals surface area (Å²) in [5.74, 6) is 1.82. The number of para-hydroxylation sites is 1. The first-order chi connectivity index (χ1) is 10.2. The van der Waals surface area contributed by atoms with E-state index in [-0.39, 0.29) is 5.75 Å². The van der Waals surface area contributed by atoms with Gasteiger partial charge in [-0.25, -0.2) is 4.98 Å². The predicted molar refractivity (Wildman–Crippen MR) is 83.7 cm³/mol. The molecule has 3 rings (SSSR count). The molecule has 21 heavy (non-hydrogen) atoms. The number of ether oxygens (including phenoxy) is 1. The Kier molecular flexibility index (Phi) is 3.52. The molecule has 0 fully saturated rings. The van der Waals surface area contributed by atoms with Crippen LogP contribution in [0.4, 0.5) is 0 Å². The average Bonchev–Trinajstić information content (AvgIpc) is 2.86. The number of aromatic nitrogens is 2. The van der Waals surface area contributed by atoms with Crippen molar-refractivity contribution in [3.63, 3.8) is 0 Å². The van der Waals surface area contributed by atoms with E-state index in [1.165, 1.54) is 0 Å². The van der Waals surface area contributed by atoms with Gasteiger partial charge >= 0.3 is 0 Å². The normalized spacial score (nSPS) is 11.0. The fourth-order valence-corrected chi connectivity index (χ4v) is 2.55. The number of rotatable bonds is 4. The third-order valence-corrected chi connectivity index (χ3v) is 3.55. The van der Waals surface area contributed by atoms with Crippen molar-refractivity contribution in [1.29, 1.82) is 0 Å².